The second kappa shape index (κ2) is 7.61. The lowest BCUT2D eigenvalue weighted by Gasteiger charge is -2.26. The predicted octanol–water partition coefficient (Wildman–Crippen LogP) is 2.97. The van der Waals surface area contributed by atoms with Gasteiger partial charge in [-0.25, -0.2) is 4.79 Å². The molecule has 0 saturated carbocycles. The molecule has 5 nitrogen and oxygen atoms in total. The molecular weight excluding hydrogens is 304 g/mol. The summed E-state index contributed by atoms with van der Waals surface area (Å²) in [5, 5.41) is 5.65. The van der Waals surface area contributed by atoms with Gasteiger partial charge in [0.05, 0.1) is 0 Å². The molecule has 1 aliphatic rings. The lowest BCUT2D eigenvalue weighted by Crippen LogP contribution is -2.43. The van der Waals surface area contributed by atoms with E-state index < -0.39 is 11.6 Å². The van der Waals surface area contributed by atoms with E-state index in [9.17, 15) is 9.59 Å². The van der Waals surface area contributed by atoms with E-state index in [0.717, 1.165) is 25.9 Å². The summed E-state index contributed by atoms with van der Waals surface area (Å²) in [4.78, 5) is 23.9. The van der Waals surface area contributed by atoms with E-state index in [1.54, 1.807) is 18.2 Å². The predicted molar refractivity (Wildman–Crippen MR) is 84.8 cm³/mol. The second-order valence-corrected chi connectivity index (χ2v) is 5.77. The molecule has 1 atom stereocenters. The Hall–Kier alpha value is -1.59. The molecule has 0 radical (unpaired) electrons. The highest BCUT2D eigenvalue weighted by atomic mass is 35.5. The summed E-state index contributed by atoms with van der Waals surface area (Å²) in [6.45, 7) is 3.40. The van der Waals surface area contributed by atoms with Crippen molar-refractivity contribution in [2.24, 2.45) is 0 Å². The number of rotatable bonds is 8. The number of hydrogen-bond donors (Lipinski definition) is 2. The van der Waals surface area contributed by atoms with Crippen LogP contribution < -0.4 is 10.6 Å². The van der Waals surface area contributed by atoms with Gasteiger partial charge >= 0.3 is 6.03 Å². The minimum Gasteiger partial charge on any atom is -0.382 e. The fourth-order valence-electron chi connectivity index (χ4n) is 2.68. The summed E-state index contributed by atoms with van der Waals surface area (Å²) in [6.07, 6.45) is 3.23. The van der Waals surface area contributed by atoms with Crippen LogP contribution in [0, 0.1) is 0 Å². The quantitative estimate of drug-likeness (QED) is 0.570. The van der Waals surface area contributed by atoms with Crippen molar-refractivity contribution in [3.63, 3.8) is 0 Å². The van der Waals surface area contributed by atoms with Gasteiger partial charge in [0.2, 0.25) is 0 Å². The van der Waals surface area contributed by atoms with Crippen LogP contribution in [0.5, 0.6) is 0 Å². The van der Waals surface area contributed by atoms with Gasteiger partial charge in [0.15, 0.2) is 0 Å². The number of urea groups is 1. The van der Waals surface area contributed by atoms with Crippen LogP contribution in [-0.2, 0) is 15.1 Å². The van der Waals surface area contributed by atoms with E-state index in [-0.39, 0.29) is 5.91 Å². The van der Waals surface area contributed by atoms with E-state index in [1.807, 2.05) is 13.0 Å². The van der Waals surface area contributed by atoms with Crippen molar-refractivity contribution in [1.29, 1.82) is 0 Å². The van der Waals surface area contributed by atoms with E-state index in [4.69, 9.17) is 16.3 Å². The Bertz CT molecular complexity index is 550. The topological polar surface area (TPSA) is 67.4 Å². The Morgan fingerprint density at radius 1 is 1.23 bits per heavy atom. The van der Waals surface area contributed by atoms with Crippen LogP contribution in [0.4, 0.5) is 4.79 Å². The molecule has 2 N–H and O–H groups in total. The molecule has 1 aromatic rings. The van der Waals surface area contributed by atoms with Gasteiger partial charge in [-0.05, 0) is 37.5 Å². The lowest BCUT2D eigenvalue weighted by atomic mass is 9.85. The first kappa shape index (κ1) is 16.8. The van der Waals surface area contributed by atoms with E-state index in [1.165, 1.54) is 0 Å². The zero-order chi connectivity index (χ0) is 16.0. The minimum absolute atomic E-state index is 0.315. The number of halogens is 1. The molecule has 120 valence electrons. The number of carbonyl (C=O) groups is 2. The van der Waals surface area contributed by atoms with Crippen LogP contribution >= 0.6 is 11.6 Å². The van der Waals surface area contributed by atoms with Gasteiger partial charge in [0.25, 0.3) is 5.91 Å². The number of hydrogen-bond acceptors (Lipinski definition) is 3. The summed E-state index contributed by atoms with van der Waals surface area (Å²) in [5.74, 6) is -0.315. The summed E-state index contributed by atoms with van der Waals surface area (Å²) in [6, 6.07) is 6.62. The first-order chi connectivity index (χ1) is 10.6. The first-order valence-electron chi connectivity index (χ1n) is 7.56. The molecule has 1 aliphatic heterocycles. The third kappa shape index (κ3) is 3.78. The van der Waals surface area contributed by atoms with Gasteiger partial charge < -0.3 is 10.1 Å². The van der Waals surface area contributed by atoms with E-state index in [0.29, 0.717) is 23.6 Å². The highest BCUT2D eigenvalue weighted by Gasteiger charge is 2.47. The van der Waals surface area contributed by atoms with Crippen molar-refractivity contribution in [3.05, 3.63) is 34.9 Å². The second-order valence-electron chi connectivity index (χ2n) is 5.33. The van der Waals surface area contributed by atoms with Crippen LogP contribution in [0.2, 0.25) is 5.02 Å². The number of carbonyl (C=O) groups excluding carboxylic acids is 2. The number of unbranched alkanes of at least 4 members (excludes halogenated alkanes) is 2. The number of benzene rings is 1. The molecule has 3 amide bonds. The largest absolute Gasteiger partial charge is 0.382 e. The van der Waals surface area contributed by atoms with Crippen molar-refractivity contribution in [2.75, 3.05) is 13.2 Å². The summed E-state index contributed by atoms with van der Waals surface area (Å²) in [5.41, 5.74) is -0.304. The van der Waals surface area contributed by atoms with Crippen LogP contribution in [-0.4, -0.2) is 25.2 Å². The van der Waals surface area contributed by atoms with Crippen molar-refractivity contribution >= 4 is 23.5 Å². The average Bonchev–Trinajstić information content (AvgIpc) is 2.78. The molecule has 1 heterocycles. The number of nitrogens with one attached hydrogen (secondary N) is 2. The molecule has 0 aliphatic carbocycles. The maximum absolute atomic E-state index is 12.3. The average molecular weight is 325 g/mol. The zero-order valence-corrected chi connectivity index (χ0v) is 13.4. The van der Waals surface area contributed by atoms with Crippen LogP contribution in [0.1, 0.15) is 38.2 Å². The maximum Gasteiger partial charge on any atom is 0.322 e. The van der Waals surface area contributed by atoms with E-state index >= 15 is 0 Å². The van der Waals surface area contributed by atoms with Crippen molar-refractivity contribution < 1.29 is 14.3 Å². The van der Waals surface area contributed by atoms with Gasteiger partial charge in [-0.2, -0.15) is 0 Å². The summed E-state index contributed by atoms with van der Waals surface area (Å²) in [7, 11) is 0. The Kier molecular flexibility index (Phi) is 5.80. The highest BCUT2D eigenvalue weighted by molar-refractivity contribution is 6.30. The molecular formula is C16H21ClN2O3. The Morgan fingerprint density at radius 2 is 2.05 bits per heavy atom. The summed E-state index contributed by atoms with van der Waals surface area (Å²) >= 11 is 6.03. The van der Waals surface area contributed by atoms with Gasteiger partial charge in [-0.3, -0.25) is 10.1 Å². The van der Waals surface area contributed by atoms with Crippen LogP contribution in [0.3, 0.4) is 0 Å². The zero-order valence-electron chi connectivity index (χ0n) is 12.7. The van der Waals surface area contributed by atoms with Crippen LogP contribution in [0.25, 0.3) is 0 Å². The molecule has 0 bridgehead atoms. The smallest absolute Gasteiger partial charge is 0.322 e. The fourth-order valence-corrected chi connectivity index (χ4v) is 2.87. The van der Waals surface area contributed by atoms with Crippen molar-refractivity contribution in [1.82, 2.24) is 10.6 Å². The molecule has 6 heteroatoms. The third-order valence-corrected chi connectivity index (χ3v) is 4.04. The van der Waals surface area contributed by atoms with Gasteiger partial charge in [-0.15, -0.1) is 0 Å². The standard InChI is InChI=1S/C16H21ClN2O3/c1-2-22-10-5-3-4-9-16(14(20)18-15(21)19-16)12-7-6-8-13(17)11-12/h6-8,11H,2-5,9-10H2,1H3,(H2,18,19,20,21). The fraction of sp³-hybridized carbons (Fsp3) is 0.500. The van der Waals surface area contributed by atoms with Gasteiger partial charge in [0.1, 0.15) is 5.54 Å². The Balaban J connectivity index is 2.07. The van der Waals surface area contributed by atoms with E-state index in [2.05, 4.69) is 10.6 Å². The normalized spacial score (nSPS) is 20.8. The molecule has 2 rings (SSSR count). The lowest BCUT2D eigenvalue weighted by molar-refractivity contribution is -0.124. The first-order valence-corrected chi connectivity index (χ1v) is 7.93. The Morgan fingerprint density at radius 3 is 2.68 bits per heavy atom. The molecule has 22 heavy (non-hydrogen) atoms. The molecule has 1 saturated heterocycles. The number of imide groups is 1. The Labute approximate surface area is 135 Å². The van der Waals surface area contributed by atoms with Crippen molar-refractivity contribution in [2.45, 2.75) is 38.1 Å². The number of amides is 3. The molecule has 0 aromatic heterocycles. The summed E-state index contributed by atoms with van der Waals surface area (Å²) < 4.78 is 5.30. The molecule has 0 spiro atoms. The van der Waals surface area contributed by atoms with Crippen LogP contribution in [0.15, 0.2) is 24.3 Å². The SMILES string of the molecule is CCOCCCCCC1(c2cccc(Cl)c2)NC(=O)NC1=O. The molecule has 1 unspecified atom stereocenters. The van der Waals surface area contributed by atoms with Gasteiger partial charge in [-0.1, -0.05) is 36.6 Å². The third-order valence-electron chi connectivity index (χ3n) is 3.80. The highest BCUT2D eigenvalue weighted by Crippen LogP contribution is 2.32. The maximum atomic E-state index is 12.3. The molecule has 1 aromatic carbocycles. The van der Waals surface area contributed by atoms with Gasteiger partial charge in [0, 0.05) is 18.2 Å². The molecule has 1 fully saturated rings. The number of ether oxygens (including phenoxy) is 1. The monoisotopic (exact) mass is 324 g/mol. The minimum atomic E-state index is -1.02. The van der Waals surface area contributed by atoms with Crippen molar-refractivity contribution in [3.8, 4) is 0 Å².